The Labute approximate surface area is 116 Å². The summed E-state index contributed by atoms with van der Waals surface area (Å²) in [7, 11) is 1.59. The second-order valence-corrected chi connectivity index (χ2v) is 5.46. The van der Waals surface area contributed by atoms with E-state index >= 15 is 0 Å². The topological polar surface area (TPSA) is 60.2 Å². The molecule has 0 saturated heterocycles. The van der Waals surface area contributed by atoms with E-state index in [1.807, 2.05) is 17.0 Å². The minimum Gasteiger partial charge on any atom is -0.493 e. The second kappa shape index (κ2) is 6.16. The summed E-state index contributed by atoms with van der Waals surface area (Å²) < 4.78 is 7.08. The van der Waals surface area contributed by atoms with Crippen molar-refractivity contribution in [2.75, 3.05) is 7.11 Å². The number of aromatic nitrogens is 3. The normalized spacial score (nSPS) is 12.6. The summed E-state index contributed by atoms with van der Waals surface area (Å²) in [4.78, 5) is 4.38. The van der Waals surface area contributed by atoms with Gasteiger partial charge in [0, 0.05) is 18.3 Å². The van der Waals surface area contributed by atoms with Crippen LogP contribution in [0.1, 0.15) is 35.8 Å². The molecule has 19 heavy (non-hydrogen) atoms. The van der Waals surface area contributed by atoms with Gasteiger partial charge in [-0.05, 0) is 13.3 Å². The molecule has 2 heterocycles. The molecular weight excluding hydrogens is 262 g/mol. The van der Waals surface area contributed by atoms with Crippen LogP contribution in [0.25, 0.3) is 0 Å². The van der Waals surface area contributed by atoms with Crippen molar-refractivity contribution >= 4 is 11.3 Å². The number of aryl methyl sites for hydroxylation is 2. The summed E-state index contributed by atoms with van der Waals surface area (Å²) in [6, 6.07) is 0. The summed E-state index contributed by atoms with van der Waals surface area (Å²) >= 11 is 1.59. The largest absolute Gasteiger partial charge is 0.493 e. The smallest absolute Gasteiger partial charge is 0.162 e. The van der Waals surface area contributed by atoms with Crippen LogP contribution < -0.4 is 4.74 Å². The Balaban J connectivity index is 2.21. The summed E-state index contributed by atoms with van der Waals surface area (Å²) in [6.45, 7) is 4.81. The molecule has 0 aliphatic rings. The molecule has 5 nitrogen and oxygen atoms in total. The number of hydrogen-bond donors (Lipinski definition) is 1. The molecule has 1 unspecified atom stereocenters. The van der Waals surface area contributed by atoms with Gasteiger partial charge in [-0.15, -0.1) is 11.3 Å². The zero-order valence-electron chi connectivity index (χ0n) is 11.5. The lowest BCUT2D eigenvalue weighted by Gasteiger charge is -2.13. The van der Waals surface area contributed by atoms with Crippen LogP contribution in [0.2, 0.25) is 0 Å². The predicted octanol–water partition coefficient (Wildman–Crippen LogP) is 2.34. The second-order valence-electron chi connectivity index (χ2n) is 4.40. The minimum absolute atomic E-state index is 0.482. The van der Waals surface area contributed by atoms with Crippen molar-refractivity contribution in [3.8, 4) is 5.75 Å². The van der Waals surface area contributed by atoms with Crippen LogP contribution in [0, 0.1) is 6.92 Å². The molecule has 0 aliphatic carbocycles. The minimum atomic E-state index is -0.648. The third-order valence-corrected chi connectivity index (χ3v) is 3.71. The van der Waals surface area contributed by atoms with Gasteiger partial charge in [-0.3, -0.25) is 4.68 Å². The number of aliphatic hydroxyl groups excluding tert-OH is 1. The lowest BCUT2D eigenvalue weighted by Crippen LogP contribution is -2.12. The average Bonchev–Trinajstić information content (AvgIpc) is 2.96. The molecule has 0 fully saturated rings. The molecule has 0 radical (unpaired) electrons. The van der Waals surface area contributed by atoms with Gasteiger partial charge in [0.15, 0.2) is 5.75 Å². The molecule has 1 atom stereocenters. The van der Waals surface area contributed by atoms with Gasteiger partial charge in [0.2, 0.25) is 0 Å². The summed E-state index contributed by atoms with van der Waals surface area (Å²) in [5, 5.41) is 17.7. The van der Waals surface area contributed by atoms with Gasteiger partial charge in [0.1, 0.15) is 11.8 Å². The molecule has 104 valence electrons. The van der Waals surface area contributed by atoms with Crippen LogP contribution in [0.5, 0.6) is 5.75 Å². The fraction of sp³-hybridized carbons (Fsp3) is 0.538. The highest BCUT2D eigenvalue weighted by Crippen LogP contribution is 2.28. The molecule has 6 heteroatoms. The molecule has 2 rings (SSSR count). The van der Waals surface area contributed by atoms with Crippen molar-refractivity contribution in [2.24, 2.45) is 0 Å². The summed E-state index contributed by atoms with van der Waals surface area (Å²) in [6.07, 6.45) is 2.45. The first-order valence-electron chi connectivity index (χ1n) is 6.34. The van der Waals surface area contributed by atoms with E-state index < -0.39 is 6.10 Å². The van der Waals surface area contributed by atoms with Crippen molar-refractivity contribution in [2.45, 2.75) is 39.3 Å². The third kappa shape index (κ3) is 3.13. The molecule has 0 saturated carbocycles. The Hall–Kier alpha value is -1.40. The molecule has 0 spiro atoms. The van der Waals surface area contributed by atoms with Gasteiger partial charge in [0.25, 0.3) is 0 Å². The highest BCUT2D eigenvalue weighted by Gasteiger charge is 2.20. The van der Waals surface area contributed by atoms with Gasteiger partial charge in [-0.25, -0.2) is 4.98 Å². The summed E-state index contributed by atoms with van der Waals surface area (Å²) in [5.41, 5.74) is 1.64. The van der Waals surface area contributed by atoms with E-state index in [9.17, 15) is 5.11 Å². The Morgan fingerprint density at radius 3 is 2.89 bits per heavy atom. The maximum absolute atomic E-state index is 10.4. The van der Waals surface area contributed by atoms with E-state index in [1.165, 1.54) is 0 Å². The maximum atomic E-state index is 10.4. The molecule has 0 bridgehead atoms. The van der Waals surface area contributed by atoms with Crippen molar-refractivity contribution in [1.82, 2.24) is 14.8 Å². The number of methoxy groups -OCH3 is 1. The first-order valence-corrected chi connectivity index (χ1v) is 7.22. The number of rotatable bonds is 6. The van der Waals surface area contributed by atoms with Crippen LogP contribution in [0.3, 0.4) is 0 Å². The van der Waals surface area contributed by atoms with E-state index in [1.54, 1.807) is 24.6 Å². The number of nitrogens with zero attached hydrogens (tertiary/aromatic N) is 3. The molecule has 0 aliphatic heterocycles. The number of hydrogen-bond acceptors (Lipinski definition) is 5. The van der Waals surface area contributed by atoms with Crippen molar-refractivity contribution < 1.29 is 9.84 Å². The fourth-order valence-corrected chi connectivity index (χ4v) is 2.68. The van der Waals surface area contributed by atoms with Crippen LogP contribution in [0.15, 0.2) is 11.6 Å². The highest BCUT2D eigenvalue weighted by molar-refractivity contribution is 7.09. The predicted molar refractivity (Wildman–Crippen MR) is 74.6 cm³/mol. The lowest BCUT2D eigenvalue weighted by molar-refractivity contribution is 0.161. The molecule has 1 N–H and O–H groups in total. The van der Waals surface area contributed by atoms with Crippen LogP contribution in [0.4, 0.5) is 0 Å². The number of aliphatic hydroxyl groups is 1. The zero-order valence-corrected chi connectivity index (χ0v) is 12.3. The van der Waals surface area contributed by atoms with E-state index in [2.05, 4.69) is 17.0 Å². The number of ether oxygens (including phenoxy) is 1. The van der Waals surface area contributed by atoms with Crippen LogP contribution in [-0.2, 0) is 13.0 Å². The molecule has 0 aromatic carbocycles. The summed E-state index contributed by atoms with van der Waals surface area (Å²) in [5.74, 6) is 0.632. The Morgan fingerprint density at radius 2 is 2.32 bits per heavy atom. The van der Waals surface area contributed by atoms with Crippen LogP contribution in [-0.4, -0.2) is 27.0 Å². The first kappa shape index (κ1) is 14.0. The number of thiazole rings is 1. The van der Waals surface area contributed by atoms with Gasteiger partial charge in [-0.2, -0.15) is 5.10 Å². The Bertz CT molecular complexity index is 536. The SMILES string of the molecule is CCCn1ncc(OC)c1C(O)Cc1csc(C)n1. The zero-order chi connectivity index (χ0) is 13.8. The van der Waals surface area contributed by atoms with E-state index in [0.717, 1.165) is 29.4 Å². The van der Waals surface area contributed by atoms with Crippen molar-refractivity contribution in [3.05, 3.63) is 28.0 Å². The van der Waals surface area contributed by atoms with E-state index in [4.69, 9.17) is 4.74 Å². The first-order chi connectivity index (χ1) is 9.15. The van der Waals surface area contributed by atoms with Crippen molar-refractivity contribution in [3.63, 3.8) is 0 Å². The monoisotopic (exact) mass is 281 g/mol. The Kier molecular flexibility index (Phi) is 4.55. The van der Waals surface area contributed by atoms with Gasteiger partial charge < -0.3 is 9.84 Å². The van der Waals surface area contributed by atoms with Gasteiger partial charge in [-0.1, -0.05) is 6.92 Å². The molecule has 2 aromatic rings. The van der Waals surface area contributed by atoms with Gasteiger partial charge in [0.05, 0.1) is 24.0 Å². The Morgan fingerprint density at radius 1 is 1.53 bits per heavy atom. The third-order valence-electron chi connectivity index (χ3n) is 2.88. The van der Waals surface area contributed by atoms with Crippen LogP contribution >= 0.6 is 11.3 Å². The van der Waals surface area contributed by atoms with E-state index in [0.29, 0.717) is 12.2 Å². The fourth-order valence-electron chi connectivity index (χ4n) is 2.06. The lowest BCUT2D eigenvalue weighted by atomic mass is 10.1. The van der Waals surface area contributed by atoms with Crippen molar-refractivity contribution in [1.29, 1.82) is 0 Å². The maximum Gasteiger partial charge on any atom is 0.162 e. The van der Waals surface area contributed by atoms with E-state index in [-0.39, 0.29) is 0 Å². The molecule has 0 amide bonds. The average molecular weight is 281 g/mol. The highest BCUT2D eigenvalue weighted by atomic mass is 32.1. The molecular formula is C13H19N3O2S. The quantitative estimate of drug-likeness (QED) is 0.883. The standard InChI is InChI=1S/C13H19N3O2S/c1-4-5-16-13(12(18-3)7-14-16)11(17)6-10-8-19-9(2)15-10/h7-8,11,17H,4-6H2,1-3H3. The van der Waals surface area contributed by atoms with Gasteiger partial charge >= 0.3 is 0 Å². The molecule has 2 aromatic heterocycles.